The van der Waals surface area contributed by atoms with E-state index in [0.29, 0.717) is 6.54 Å². The fraction of sp³-hybridized carbons (Fsp3) is 0.385. The Kier molecular flexibility index (Phi) is 5.60. The van der Waals surface area contributed by atoms with Gasteiger partial charge in [0.15, 0.2) is 0 Å². The lowest BCUT2D eigenvalue weighted by molar-refractivity contribution is -0.129. The SMILES string of the molecule is CCCN(CC#N)C(=O)Cc1c(F)cccc1Cl. The standard InChI is InChI=1S/C13H14ClFN2O/c1-2-7-17(8-6-16)13(18)9-10-11(14)4-3-5-12(10)15/h3-5H,2,7-9H2,1H3. The highest BCUT2D eigenvalue weighted by Crippen LogP contribution is 2.20. The summed E-state index contributed by atoms with van der Waals surface area (Å²) < 4.78 is 13.5. The molecule has 0 aliphatic carbocycles. The van der Waals surface area contributed by atoms with E-state index in [1.54, 1.807) is 6.07 Å². The third-order valence-corrected chi connectivity index (χ3v) is 2.85. The van der Waals surface area contributed by atoms with Crippen LogP contribution in [0.1, 0.15) is 18.9 Å². The zero-order valence-electron chi connectivity index (χ0n) is 10.1. The molecule has 0 aliphatic heterocycles. The van der Waals surface area contributed by atoms with Crippen LogP contribution < -0.4 is 0 Å². The van der Waals surface area contributed by atoms with E-state index in [9.17, 15) is 9.18 Å². The number of nitrogens with zero attached hydrogens (tertiary/aromatic N) is 2. The van der Waals surface area contributed by atoms with Gasteiger partial charge in [-0.05, 0) is 18.6 Å². The van der Waals surface area contributed by atoms with Crippen LogP contribution in [0, 0.1) is 17.1 Å². The number of carbonyl (C=O) groups is 1. The number of hydrogen-bond acceptors (Lipinski definition) is 2. The Morgan fingerprint density at radius 2 is 2.28 bits per heavy atom. The molecule has 0 fully saturated rings. The first kappa shape index (κ1) is 14.5. The number of rotatable bonds is 5. The summed E-state index contributed by atoms with van der Waals surface area (Å²) in [7, 11) is 0. The van der Waals surface area contributed by atoms with E-state index in [4.69, 9.17) is 16.9 Å². The highest BCUT2D eigenvalue weighted by molar-refractivity contribution is 6.31. The number of carbonyl (C=O) groups excluding carboxylic acids is 1. The molecule has 96 valence electrons. The van der Waals surface area contributed by atoms with Gasteiger partial charge in [-0.1, -0.05) is 24.6 Å². The highest BCUT2D eigenvalue weighted by atomic mass is 35.5. The molecule has 0 radical (unpaired) electrons. The largest absolute Gasteiger partial charge is 0.329 e. The van der Waals surface area contributed by atoms with Crippen LogP contribution in [-0.4, -0.2) is 23.9 Å². The molecule has 0 bridgehead atoms. The van der Waals surface area contributed by atoms with Gasteiger partial charge in [-0.25, -0.2) is 4.39 Å². The lowest BCUT2D eigenvalue weighted by atomic mass is 10.1. The highest BCUT2D eigenvalue weighted by Gasteiger charge is 2.16. The van der Waals surface area contributed by atoms with Gasteiger partial charge in [-0.15, -0.1) is 0 Å². The van der Waals surface area contributed by atoms with Crippen LogP contribution in [-0.2, 0) is 11.2 Å². The number of hydrogen-bond donors (Lipinski definition) is 0. The lowest BCUT2D eigenvalue weighted by Crippen LogP contribution is -2.33. The summed E-state index contributed by atoms with van der Waals surface area (Å²) in [4.78, 5) is 13.4. The Balaban J connectivity index is 2.83. The molecule has 0 aliphatic rings. The van der Waals surface area contributed by atoms with Crippen molar-refractivity contribution in [2.75, 3.05) is 13.1 Å². The van der Waals surface area contributed by atoms with Gasteiger partial charge in [0.05, 0.1) is 12.5 Å². The van der Waals surface area contributed by atoms with E-state index in [1.807, 2.05) is 13.0 Å². The predicted molar refractivity (Wildman–Crippen MR) is 67.6 cm³/mol. The molecule has 1 rings (SSSR count). The van der Waals surface area contributed by atoms with Gasteiger partial charge >= 0.3 is 0 Å². The fourth-order valence-electron chi connectivity index (χ4n) is 1.61. The van der Waals surface area contributed by atoms with E-state index >= 15 is 0 Å². The molecule has 0 saturated heterocycles. The van der Waals surface area contributed by atoms with E-state index in [2.05, 4.69) is 0 Å². The van der Waals surface area contributed by atoms with Gasteiger partial charge in [0.1, 0.15) is 12.4 Å². The molecule has 0 heterocycles. The van der Waals surface area contributed by atoms with Crippen LogP contribution in [0.25, 0.3) is 0 Å². The number of benzene rings is 1. The van der Waals surface area contributed by atoms with E-state index < -0.39 is 5.82 Å². The number of amides is 1. The molecule has 3 nitrogen and oxygen atoms in total. The van der Waals surface area contributed by atoms with Crippen LogP contribution in [0.4, 0.5) is 4.39 Å². The Morgan fingerprint density at radius 3 is 2.83 bits per heavy atom. The Labute approximate surface area is 111 Å². The Morgan fingerprint density at radius 1 is 1.56 bits per heavy atom. The van der Waals surface area contributed by atoms with Crippen LogP contribution in [0.3, 0.4) is 0 Å². The van der Waals surface area contributed by atoms with Crippen molar-refractivity contribution < 1.29 is 9.18 Å². The summed E-state index contributed by atoms with van der Waals surface area (Å²) in [6, 6.07) is 6.23. The van der Waals surface area contributed by atoms with Crippen LogP contribution in [0.2, 0.25) is 5.02 Å². The molecule has 5 heteroatoms. The maximum atomic E-state index is 13.5. The van der Waals surface area contributed by atoms with Gasteiger partial charge in [0.25, 0.3) is 0 Å². The van der Waals surface area contributed by atoms with Crippen LogP contribution in [0.5, 0.6) is 0 Å². The number of nitriles is 1. The zero-order chi connectivity index (χ0) is 13.5. The third-order valence-electron chi connectivity index (χ3n) is 2.50. The smallest absolute Gasteiger partial charge is 0.228 e. The van der Waals surface area contributed by atoms with Gasteiger partial charge < -0.3 is 4.90 Å². The van der Waals surface area contributed by atoms with E-state index in [1.165, 1.54) is 17.0 Å². The second kappa shape index (κ2) is 6.97. The zero-order valence-corrected chi connectivity index (χ0v) is 10.9. The van der Waals surface area contributed by atoms with E-state index in [0.717, 1.165) is 6.42 Å². The average molecular weight is 269 g/mol. The molecule has 0 aromatic heterocycles. The molecular formula is C13H14ClFN2O. The molecule has 1 aromatic rings. The van der Waals surface area contributed by atoms with Crippen molar-refractivity contribution in [3.05, 3.63) is 34.6 Å². The van der Waals surface area contributed by atoms with Crippen molar-refractivity contribution in [1.82, 2.24) is 4.90 Å². The molecule has 1 aromatic carbocycles. The van der Waals surface area contributed by atoms with Crippen molar-refractivity contribution in [3.63, 3.8) is 0 Å². The summed E-state index contributed by atoms with van der Waals surface area (Å²) in [5.74, 6) is -0.783. The van der Waals surface area contributed by atoms with Crippen LogP contribution in [0.15, 0.2) is 18.2 Å². The van der Waals surface area contributed by atoms with Crippen molar-refractivity contribution >= 4 is 17.5 Å². The molecule has 0 saturated carbocycles. The minimum atomic E-state index is -0.496. The van der Waals surface area contributed by atoms with Crippen molar-refractivity contribution in [3.8, 4) is 6.07 Å². The molecular weight excluding hydrogens is 255 g/mol. The summed E-state index contributed by atoms with van der Waals surface area (Å²) in [6.07, 6.45) is 0.631. The van der Waals surface area contributed by atoms with Gasteiger partial charge in [-0.3, -0.25) is 4.79 Å². The van der Waals surface area contributed by atoms with Crippen molar-refractivity contribution in [2.45, 2.75) is 19.8 Å². The minimum Gasteiger partial charge on any atom is -0.329 e. The van der Waals surface area contributed by atoms with Gasteiger partial charge in [0, 0.05) is 17.1 Å². The Hall–Kier alpha value is -1.60. The summed E-state index contributed by atoms with van der Waals surface area (Å²) in [5.41, 5.74) is 0.184. The first-order valence-corrected chi connectivity index (χ1v) is 6.05. The first-order chi connectivity index (χ1) is 8.60. The molecule has 0 unspecified atom stereocenters. The summed E-state index contributed by atoms with van der Waals surface area (Å²) in [6.45, 7) is 2.41. The molecule has 18 heavy (non-hydrogen) atoms. The second-order valence-electron chi connectivity index (χ2n) is 3.85. The third kappa shape index (κ3) is 3.71. The predicted octanol–water partition coefficient (Wildman–Crippen LogP) is 2.78. The van der Waals surface area contributed by atoms with Crippen molar-refractivity contribution in [1.29, 1.82) is 5.26 Å². The van der Waals surface area contributed by atoms with Crippen molar-refractivity contribution in [2.24, 2.45) is 0 Å². The second-order valence-corrected chi connectivity index (χ2v) is 4.26. The monoisotopic (exact) mass is 268 g/mol. The lowest BCUT2D eigenvalue weighted by Gasteiger charge is -2.19. The number of halogens is 2. The molecule has 0 N–H and O–H groups in total. The first-order valence-electron chi connectivity index (χ1n) is 5.67. The maximum Gasteiger partial charge on any atom is 0.228 e. The van der Waals surface area contributed by atoms with Gasteiger partial charge in [-0.2, -0.15) is 5.26 Å². The molecule has 0 atom stereocenters. The molecule has 1 amide bonds. The quantitative estimate of drug-likeness (QED) is 0.771. The summed E-state index contributed by atoms with van der Waals surface area (Å²) in [5, 5.41) is 8.88. The van der Waals surface area contributed by atoms with Gasteiger partial charge in [0.2, 0.25) is 5.91 Å². The molecule has 0 spiro atoms. The van der Waals surface area contributed by atoms with E-state index in [-0.39, 0.29) is 29.5 Å². The summed E-state index contributed by atoms with van der Waals surface area (Å²) >= 11 is 5.86. The average Bonchev–Trinajstić information content (AvgIpc) is 2.33. The maximum absolute atomic E-state index is 13.5. The minimum absolute atomic E-state index is 0.0126. The normalized spacial score (nSPS) is 9.89. The Bertz CT molecular complexity index is 450. The van der Waals surface area contributed by atoms with Crippen LogP contribution >= 0.6 is 11.6 Å². The topological polar surface area (TPSA) is 44.1 Å². The fourth-order valence-corrected chi connectivity index (χ4v) is 1.84.